The Morgan fingerprint density at radius 1 is 1.61 bits per heavy atom. The van der Waals surface area contributed by atoms with Crippen LogP contribution in [0.2, 0.25) is 0 Å². The summed E-state index contributed by atoms with van der Waals surface area (Å²) in [5.74, 6) is -3.90. The van der Waals surface area contributed by atoms with E-state index in [2.05, 4.69) is 21.2 Å². The molecule has 18 heavy (non-hydrogen) atoms. The van der Waals surface area contributed by atoms with E-state index < -0.39 is 25.0 Å². The van der Waals surface area contributed by atoms with Gasteiger partial charge in [-0.2, -0.15) is 0 Å². The van der Waals surface area contributed by atoms with Crippen LogP contribution >= 0.6 is 15.9 Å². The Morgan fingerprint density at radius 2 is 2.22 bits per heavy atom. The van der Waals surface area contributed by atoms with E-state index >= 15 is 0 Å². The summed E-state index contributed by atoms with van der Waals surface area (Å²) < 4.78 is 28.0. The van der Waals surface area contributed by atoms with E-state index in [-0.39, 0.29) is 6.04 Å². The quantitative estimate of drug-likeness (QED) is 0.872. The first-order chi connectivity index (χ1) is 8.26. The van der Waals surface area contributed by atoms with Crippen molar-refractivity contribution in [3.8, 4) is 0 Å². The number of halogens is 3. The van der Waals surface area contributed by atoms with Crippen molar-refractivity contribution in [2.75, 3.05) is 13.2 Å². The monoisotopic (exact) mass is 324 g/mol. The first kappa shape index (κ1) is 15.1. The van der Waals surface area contributed by atoms with Gasteiger partial charge in [0, 0.05) is 16.7 Å². The molecule has 0 aromatic carbocycles. The summed E-state index contributed by atoms with van der Waals surface area (Å²) in [6.07, 6.45) is 1.71. The number of alkyl halides is 2. The minimum Gasteiger partial charge on any atom is -0.390 e. The number of aromatic nitrogens is 1. The predicted molar refractivity (Wildman–Crippen MR) is 66.9 cm³/mol. The summed E-state index contributed by atoms with van der Waals surface area (Å²) >= 11 is 3.23. The normalized spacial score (nSPS) is 11.9. The molecule has 102 valence electrons. The van der Waals surface area contributed by atoms with E-state index in [0.717, 1.165) is 0 Å². The van der Waals surface area contributed by atoms with Crippen LogP contribution < -0.4 is 5.32 Å². The molecule has 0 saturated carbocycles. The first-order valence-corrected chi connectivity index (χ1v) is 6.20. The number of nitrogens with one attached hydrogen (secondary N) is 1. The van der Waals surface area contributed by atoms with Crippen LogP contribution in [0.25, 0.3) is 0 Å². The summed E-state index contributed by atoms with van der Waals surface area (Å²) in [7, 11) is 0. The number of carbonyl (C=O) groups excluding carboxylic acids is 1. The molecule has 1 aromatic heterocycles. The molecule has 7 heteroatoms. The Balaban J connectivity index is 2.79. The Bertz CT molecular complexity index is 433. The van der Waals surface area contributed by atoms with Crippen LogP contribution in [-0.4, -0.2) is 34.7 Å². The fourth-order valence-corrected chi connectivity index (χ4v) is 1.85. The zero-order valence-electron chi connectivity index (χ0n) is 10.1. The molecular weight excluding hydrogens is 310 g/mol. The van der Waals surface area contributed by atoms with Crippen LogP contribution in [-0.2, 0) is 0 Å². The molecule has 1 amide bonds. The van der Waals surface area contributed by atoms with Gasteiger partial charge in [0.1, 0.15) is 12.3 Å². The van der Waals surface area contributed by atoms with Crippen LogP contribution in [0.4, 0.5) is 8.78 Å². The minimum absolute atomic E-state index is 0.0374. The lowest BCUT2D eigenvalue weighted by atomic mass is 10.3. The highest BCUT2D eigenvalue weighted by molar-refractivity contribution is 9.10. The maximum atomic E-state index is 12.8. The van der Waals surface area contributed by atoms with Crippen molar-refractivity contribution in [2.24, 2.45) is 0 Å². The summed E-state index contributed by atoms with van der Waals surface area (Å²) in [6, 6.07) is 1.60. The molecule has 1 heterocycles. The van der Waals surface area contributed by atoms with Gasteiger partial charge in [-0.1, -0.05) is 0 Å². The van der Waals surface area contributed by atoms with E-state index in [1.54, 1.807) is 16.8 Å². The third kappa shape index (κ3) is 3.78. The molecule has 0 aliphatic carbocycles. The van der Waals surface area contributed by atoms with Crippen LogP contribution in [0.5, 0.6) is 0 Å². The third-order valence-electron chi connectivity index (χ3n) is 2.34. The van der Waals surface area contributed by atoms with Gasteiger partial charge in [-0.25, -0.2) is 8.78 Å². The second kappa shape index (κ2) is 5.79. The van der Waals surface area contributed by atoms with Gasteiger partial charge in [0.25, 0.3) is 11.8 Å². The van der Waals surface area contributed by atoms with E-state index in [4.69, 9.17) is 5.11 Å². The highest BCUT2D eigenvalue weighted by atomic mass is 79.9. The van der Waals surface area contributed by atoms with Crippen LogP contribution in [0.3, 0.4) is 0 Å². The summed E-state index contributed by atoms with van der Waals surface area (Å²) in [5.41, 5.74) is 0.297. The number of hydrogen-bond donors (Lipinski definition) is 2. The molecule has 0 fully saturated rings. The standard InChI is InChI=1S/C11H15BrF2N2O2/c1-7(2)16-4-8(12)3-9(16)10(18)15-5-11(13,14)6-17/h3-4,7,17H,5-6H2,1-2H3,(H,15,18). The third-order valence-corrected chi connectivity index (χ3v) is 2.78. The lowest BCUT2D eigenvalue weighted by Gasteiger charge is -2.16. The first-order valence-electron chi connectivity index (χ1n) is 5.41. The number of hydrogen-bond acceptors (Lipinski definition) is 2. The van der Waals surface area contributed by atoms with E-state index in [1.807, 2.05) is 13.8 Å². The molecule has 0 aliphatic rings. The van der Waals surface area contributed by atoms with Crippen molar-refractivity contribution >= 4 is 21.8 Å². The smallest absolute Gasteiger partial charge is 0.287 e. The Kier molecular flexibility index (Phi) is 4.86. The number of carbonyl (C=O) groups is 1. The van der Waals surface area contributed by atoms with Gasteiger partial charge in [-0.15, -0.1) is 0 Å². The summed E-state index contributed by atoms with van der Waals surface area (Å²) in [4.78, 5) is 11.8. The van der Waals surface area contributed by atoms with Gasteiger partial charge in [0.05, 0.1) is 6.54 Å². The van der Waals surface area contributed by atoms with Crippen LogP contribution in [0, 0.1) is 0 Å². The highest BCUT2D eigenvalue weighted by Gasteiger charge is 2.29. The van der Waals surface area contributed by atoms with Gasteiger partial charge in [-0.3, -0.25) is 4.79 Å². The lowest BCUT2D eigenvalue weighted by Crippen LogP contribution is -2.39. The fraction of sp³-hybridized carbons (Fsp3) is 0.545. The SMILES string of the molecule is CC(C)n1cc(Br)cc1C(=O)NCC(F)(F)CO. The Labute approximate surface area is 112 Å². The van der Waals surface area contributed by atoms with E-state index in [1.165, 1.54) is 0 Å². The zero-order chi connectivity index (χ0) is 13.9. The molecule has 0 bridgehead atoms. The van der Waals surface area contributed by atoms with Gasteiger partial charge >= 0.3 is 0 Å². The predicted octanol–water partition coefficient (Wildman–Crippen LogP) is 2.19. The largest absolute Gasteiger partial charge is 0.390 e. The zero-order valence-corrected chi connectivity index (χ0v) is 11.7. The molecule has 2 N–H and O–H groups in total. The van der Waals surface area contributed by atoms with Crippen molar-refractivity contribution < 1.29 is 18.7 Å². The molecule has 0 aliphatic heterocycles. The molecule has 0 spiro atoms. The van der Waals surface area contributed by atoms with Crippen LogP contribution in [0.1, 0.15) is 30.4 Å². The van der Waals surface area contributed by atoms with Crippen molar-refractivity contribution in [2.45, 2.75) is 25.8 Å². The Hall–Kier alpha value is -0.950. The summed E-state index contributed by atoms with van der Waals surface area (Å²) in [5, 5.41) is 10.5. The second-order valence-corrected chi connectivity index (χ2v) is 5.16. The highest BCUT2D eigenvalue weighted by Crippen LogP contribution is 2.19. The molecule has 0 atom stereocenters. The molecule has 0 radical (unpaired) electrons. The van der Waals surface area contributed by atoms with Crippen molar-refractivity contribution in [3.05, 3.63) is 22.4 Å². The number of aliphatic hydroxyl groups is 1. The average Bonchev–Trinajstić information content (AvgIpc) is 2.68. The topological polar surface area (TPSA) is 54.3 Å². The van der Waals surface area contributed by atoms with Gasteiger partial charge in [-0.05, 0) is 35.8 Å². The number of rotatable bonds is 5. The minimum atomic E-state index is -3.30. The lowest BCUT2D eigenvalue weighted by molar-refractivity contribution is -0.0462. The van der Waals surface area contributed by atoms with Crippen molar-refractivity contribution in [1.82, 2.24) is 9.88 Å². The Morgan fingerprint density at radius 3 is 2.72 bits per heavy atom. The van der Waals surface area contributed by atoms with Crippen LogP contribution in [0.15, 0.2) is 16.7 Å². The average molecular weight is 325 g/mol. The second-order valence-electron chi connectivity index (χ2n) is 4.24. The van der Waals surface area contributed by atoms with Gasteiger partial charge in [0.2, 0.25) is 0 Å². The molecule has 4 nitrogen and oxygen atoms in total. The number of aliphatic hydroxyl groups excluding tert-OH is 1. The molecule has 1 rings (SSSR count). The molecule has 0 unspecified atom stereocenters. The number of amides is 1. The van der Waals surface area contributed by atoms with E-state index in [0.29, 0.717) is 10.2 Å². The summed E-state index contributed by atoms with van der Waals surface area (Å²) in [6.45, 7) is 1.59. The van der Waals surface area contributed by atoms with Crippen molar-refractivity contribution in [1.29, 1.82) is 0 Å². The number of nitrogens with zero attached hydrogens (tertiary/aromatic N) is 1. The fourth-order valence-electron chi connectivity index (χ4n) is 1.41. The maximum absolute atomic E-state index is 12.8. The molecule has 0 saturated heterocycles. The van der Waals surface area contributed by atoms with Crippen molar-refractivity contribution in [3.63, 3.8) is 0 Å². The molecular formula is C11H15BrF2N2O2. The van der Waals surface area contributed by atoms with Gasteiger partial charge < -0.3 is 15.0 Å². The maximum Gasteiger partial charge on any atom is 0.287 e. The van der Waals surface area contributed by atoms with E-state index in [9.17, 15) is 13.6 Å². The van der Waals surface area contributed by atoms with Gasteiger partial charge in [0.15, 0.2) is 0 Å². The molecule has 1 aromatic rings.